The van der Waals surface area contributed by atoms with Crippen molar-refractivity contribution in [3.63, 3.8) is 0 Å². The van der Waals surface area contributed by atoms with Crippen LogP contribution < -0.4 is 16.0 Å². The number of anilines is 1. The second kappa shape index (κ2) is 9.64. The summed E-state index contributed by atoms with van der Waals surface area (Å²) in [5.74, 6) is 1.01. The van der Waals surface area contributed by atoms with E-state index in [1.54, 1.807) is 7.05 Å². The smallest absolute Gasteiger partial charge is 0.225 e. The zero-order valence-corrected chi connectivity index (χ0v) is 17.9. The standard InChI is InChI=1S/C24H29N5O2/c1-25-24(27-14-19-13-22(30)28-21-10-5-4-9-20(19)21)26-12-6-11-23(31)29-15-17-7-2-3-8-18(17)16-29/h2-5,7-10,19H,6,11-16H2,1H3,(H,28,30)(H2,25,26,27). The Morgan fingerprint density at radius 1 is 1.10 bits per heavy atom. The van der Waals surface area contributed by atoms with Crippen LogP contribution in [0.3, 0.4) is 0 Å². The van der Waals surface area contributed by atoms with Gasteiger partial charge in [0.1, 0.15) is 0 Å². The third kappa shape index (κ3) is 5.05. The first kappa shape index (κ1) is 20.9. The summed E-state index contributed by atoms with van der Waals surface area (Å²) in [5.41, 5.74) is 4.52. The van der Waals surface area contributed by atoms with Crippen LogP contribution in [0.5, 0.6) is 0 Å². The van der Waals surface area contributed by atoms with Crippen LogP contribution in [0, 0.1) is 0 Å². The van der Waals surface area contributed by atoms with Gasteiger partial charge in [0.15, 0.2) is 5.96 Å². The van der Waals surface area contributed by atoms with Crippen molar-refractivity contribution in [1.82, 2.24) is 15.5 Å². The summed E-state index contributed by atoms with van der Waals surface area (Å²) in [6.45, 7) is 2.70. The highest BCUT2D eigenvalue weighted by Crippen LogP contribution is 2.31. The number of carbonyl (C=O) groups excluding carboxylic acids is 2. The zero-order valence-electron chi connectivity index (χ0n) is 17.9. The van der Waals surface area contributed by atoms with Gasteiger partial charge in [0, 0.05) is 57.7 Å². The molecule has 0 aromatic heterocycles. The van der Waals surface area contributed by atoms with Gasteiger partial charge in [-0.15, -0.1) is 0 Å². The summed E-state index contributed by atoms with van der Waals surface area (Å²) in [5, 5.41) is 9.52. The molecule has 1 unspecified atom stereocenters. The van der Waals surface area contributed by atoms with Crippen LogP contribution >= 0.6 is 0 Å². The summed E-state index contributed by atoms with van der Waals surface area (Å²) in [6.07, 6.45) is 1.70. The number of guanidine groups is 1. The largest absolute Gasteiger partial charge is 0.356 e. The number of hydrogen-bond acceptors (Lipinski definition) is 3. The van der Waals surface area contributed by atoms with Gasteiger partial charge in [0.2, 0.25) is 11.8 Å². The fraction of sp³-hybridized carbons (Fsp3) is 0.375. The maximum atomic E-state index is 12.5. The van der Waals surface area contributed by atoms with Crippen molar-refractivity contribution in [2.24, 2.45) is 4.99 Å². The summed E-state index contributed by atoms with van der Waals surface area (Å²) < 4.78 is 0. The highest BCUT2D eigenvalue weighted by molar-refractivity contribution is 5.94. The molecular weight excluding hydrogens is 390 g/mol. The van der Waals surface area contributed by atoms with Crippen molar-refractivity contribution in [2.45, 2.75) is 38.3 Å². The molecule has 4 rings (SSSR count). The number of fused-ring (bicyclic) bond motifs is 2. The second-order valence-electron chi connectivity index (χ2n) is 8.04. The van der Waals surface area contributed by atoms with Crippen LogP contribution in [0.2, 0.25) is 0 Å². The lowest BCUT2D eigenvalue weighted by molar-refractivity contribution is -0.131. The van der Waals surface area contributed by atoms with Gasteiger partial charge < -0.3 is 20.9 Å². The molecule has 162 valence electrons. The lowest BCUT2D eigenvalue weighted by Gasteiger charge is -2.26. The predicted octanol–water partition coefficient (Wildman–Crippen LogP) is 2.60. The lowest BCUT2D eigenvalue weighted by Crippen LogP contribution is -2.41. The first-order valence-electron chi connectivity index (χ1n) is 10.8. The van der Waals surface area contributed by atoms with Crippen LogP contribution in [0.4, 0.5) is 5.69 Å². The quantitative estimate of drug-likeness (QED) is 0.382. The van der Waals surface area contributed by atoms with Gasteiger partial charge >= 0.3 is 0 Å². The van der Waals surface area contributed by atoms with E-state index in [4.69, 9.17) is 0 Å². The first-order chi connectivity index (χ1) is 15.1. The highest BCUT2D eigenvalue weighted by Gasteiger charge is 2.25. The minimum Gasteiger partial charge on any atom is -0.356 e. The molecule has 0 saturated heterocycles. The number of nitrogens with zero attached hydrogens (tertiary/aromatic N) is 2. The molecule has 0 radical (unpaired) electrons. The number of carbonyl (C=O) groups is 2. The second-order valence-corrected chi connectivity index (χ2v) is 8.04. The number of amides is 2. The molecule has 0 aliphatic carbocycles. The van der Waals surface area contributed by atoms with Crippen molar-refractivity contribution < 1.29 is 9.59 Å². The molecule has 2 aliphatic rings. The fourth-order valence-electron chi connectivity index (χ4n) is 4.24. The summed E-state index contributed by atoms with van der Waals surface area (Å²) in [4.78, 5) is 30.7. The van der Waals surface area contributed by atoms with Gasteiger partial charge in [-0.2, -0.15) is 0 Å². The van der Waals surface area contributed by atoms with Crippen molar-refractivity contribution in [2.75, 3.05) is 25.5 Å². The molecule has 31 heavy (non-hydrogen) atoms. The van der Waals surface area contributed by atoms with Gasteiger partial charge in [-0.05, 0) is 29.2 Å². The Balaban J connectivity index is 1.19. The minimum atomic E-state index is 0.0380. The van der Waals surface area contributed by atoms with E-state index in [0.717, 1.165) is 17.7 Å². The third-order valence-corrected chi connectivity index (χ3v) is 5.90. The Labute approximate surface area is 182 Å². The topological polar surface area (TPSA) is 85.8 Å². The van der Waals surface area contributed by atoms with Crippen LogP contribution in [0.25, 0.3) is 0 Å². The van der Waals surface area contributed by atoms with Gasteiger partial charge in [-0.1, -0.05) is 42.5 Å². The average molecular weight is 420 g/mol. The summed E-state index contributed by atoms with van der Waals surface area (Å²) >= 11 is 0. The summed E-state index contributed by atoms with van der Waals surface area (Å²) in [7, 11) is 1.73. The molecule has 2 aromatic carbocycles. The van der Waals surface area contributed by atoms with Gasteiger partial charge in [-0.3, -0.25) is 14.6 Å². The Morgan fingerprint density at radius 2 is 1.81 bits per heavy atom. The first-order valence-corrected chi connectivity index (χ1v) is 10.8. The molecular formula is C24H29N5O2. The maximum Gasteiger partial charge on any atom is 0.225 e. The Morgan fingerprint density at radius 3 is 2.55 bits per heavy atom. The summed E-state index contributed by atoms with van der Waals surface area (Å²) in [6, 6.07) is 16.1. The van der Waals surface area contributed by atoms with Crippen LogP contribution in [0.15, 0.2) is 53.5 Å². The van der Waals surface area contributed by atoms with Crippen LogP contribution in [-0.2, 0) is 22.7 Å². The van der Waals surface area contributed by atoms with Crippen molar-refractivity contribution in [1.29, 1.82) is 0 Å². The molecule has 0 saturated carbocycles. The minimum absolute atomic E-state index is 0.0380. The van der Waals surface area contributed by atoms with E-state index in [1.807, 2.05) is 35.2 Å². The SMILES string of the molecule is CN=C(NCCCC(=O)N1Cc2ccccc2C1)NCC1CC(=O)Nc2ccccc21. The monoisotopic (exact) mass is 419 g/mol. The number of nitrogens with one attached hydrogen (secondary N) is 3. The van der Waals surface area contributed by atoms with Crippen LogP contribution in [-0.4, -0.2) is 42.8 Å². The van der Waals surface area contributed by atoms with Gasteiger partial charge in [0.05, 0.1) is 0 Å². The fourth-order valence-corrected chi connectivity index (χ4v) is 4.24. The highest BCUT2D eigenvalue weighted by atomic mass is 16.2. The molecule has 2 aliphatic heterocycles. The third-order valence-electron chi connectivity index (χ3n) is 5.90. The van der Waals surface area contributed by atoms with E-state index in [9.17, 15) is 9.59 Å². The zero-order chi connectivity index (χ0) is 21.6. The van der Waals surface area contributed by atoms with E-state index < -0.39 is 0 Å². The normalized spacial score (nSPS) is 17.6. The van der Waals surface area contributed by atoms with Crippen molar-refractivity contribution >= 4 is 23.5 Å². The molecule has 2 amide bonds. The van der Waals surface area contributed by atoms with Crippen LogP contribution in [0.1, 0.15) is 41.9 Å². The van der Waals surface area contributed by atoms with E-state index in [0.29, 0.717) is 45.0 Å². The van der Waals surface area contributed by atoms with E-state index in [2.05, 4.69) is 39.1 Å². The lowest BCUT2D eigenvalue weighted by atomic mass is 9.90. The number of benzene rings is 2. The molecule has 2 heterocycles. The van der Waals surface area contributed by atoms with E-state index >= 15 is 0 Å². The van der Waals surface area contributed by atoms with Gasteiger partial charge in [0.25, 0.3) is 0 Å². The molecule has 1 atom stereocenters. The number of para-hydroxylation sites is 1. The number of rotatable bonds is 6. The van der Waals surface area contributed by atoms with E-state index in [-0.39, 0.29) is 17.7 Å². The van der Waals surface area contributed by atoms with E-state index in [1.165, 1.54) is 11.1 Å². The molecule has 7 nitrogen and oxygen atoms in total. The predicted molar refractivity (Wildman–Crippen MR) is 122 cm³/mol. The molecule has 2 aromatic rings. The van der Waals surface area contributed by atoms with Crippen molar-refractivity contribution in [3.05, 3.63) is 65.2 Å². The molecule has 7 heteroatoms. The Kier molecular flexibility index (Phi) is 6.50. The van der Waals surface area contributed by atoms with Gasteiger partial charge in [-0.25, -0.2) is 0 Å². The van der Waals surface area contributed by atoms with Crippen molar-refractivity contribution in [3.8, 4) is 0 Å². The molecule has 3 N–H and O–H groups in total. The molecule has 0 bridgehead atoms. The average Bonchev–Trinajstić information content (AvgIpc) is 3.22. The maximum absolute atomic E-state index is 12.5. The number of aliphatic imine (C=N–C) groups is 1. The number of hydrogen-bond donors (Lipinski definition) is 3. The molecule has 0 spiro atoms. The molecule has 0 fully saturated rings. The Hall–Kier alpha value is -3.35. The Bertz CT molecular complexity index is 962.